The fourth-order valence-corrected chi connectivity index (χ4v) is 2.59. The number of nitrogens with one attached hydrogen (secondary N) is 2. The van der Waals surface area contributed by atoms with Gasteiger partial charge in [-0.2, -0.15) is 18.2 Å². The van der Waals surface area contributed by atoms with Crippen molar-refractivity contribution in [2.45, 2.75) is 19.5 Å². The molecule has 0 fully saturated rings. The van der Waals surface area contributed by atoms with Crippen LogP contribution in [0, 0.1) is 0 Å². The Balaban J connectivity index is 1.92. The highest BCUT2D eigenvalue weighted by Crippen LogP contribution is 2.35. The minimum atomic E-state index is -4.60. The summed E-state index contributed by atoms with van der Waals surface area (Å²) in [7, 11) is 0. The Hall–Kier alpha value is -2.80. The van der Waals surface area contributed by atoms with E-state index in [1.54, 1.807) is 18.2 Å². The molecule has 8 heteroatoms. The van der Waals surface area contributed by atoms with Crippen molar-refractivity contribution in [1.82, 2.24) is 9.97 Å². The Bertz CT molecular complexity index is 927. The summed E-state index contributed by atoms with van der Waals surface area (Å²) < 4.78 is 39.9. The molecule has 3 rings (SSSR count). The highest BCUT2D eigenvalue weighted by molar-refractivity contribution is 6.30. The zero-order valence-electron chi connectivity index (χ0n) is 14.3. The molecule has 0 spiro atoms. The largest absolute Gasteiger partial charge is 0.421 e. The highest BCUT2D eigenvalue weighted by Gasteiger charge is 2.35. The van der Waals surface area contributed by atoms with Crippen LogP contribution in [0.25, 0.3) is 0 Å². The topological polar surface area (TPSA) is 49.8 Å². The molecule has 140 valence electrons. The van der Waals surface area contributed by atoms with Crippen molar-refractivity contribution in [3.05, 3.63) is 70.9 Å². The quantitative estimate of drug-likeness (QED) is 0.543. The van der Waals surface area contributed by atoms with E-state index >= 15 is 0 Å². The molecular weight excluding hydrogens is 377 g/mol. The first-order valence-corrected chi connectivity index (χ1v) is 8.55. The molecule has 2 aromatic carbocycles. The number of hydrogen-bond donors (Lipinski definition) is 2. The van der Waals surface area contributed by atoms with Crippen molar-refractivity contribution in [1.29, 1.82) is 0 Å². The van der Waals surface area contributed by atoms with E-state index in [9.17, 15) is 13.2 Å². The second-order valence-corrected chi connectivity index (χ2v) is 6.20. The number of benzene rings is 2. The van der Waals surface area contributed by atoms with E-state index in [2.05, 4.69) is 20.6 Å². The molecule has 0 bridgehead atoms. The van der Waals surface area contributed by atoms with Gasteiger partial charge in [-0.25, -0.2) is 4.98 Å². The standard InChI is InChI=1S/C19H16ClF3N4/c1-2-12-6-8-14(9-7-12)26-18-24-11-16(19(21,22)23)17(27-18)25-15-5-3-4-13(20)10-15/h3-11H,2H2,1H3,(H2,24,25,26,27). The lowest BCUT2D eigenvalue weighted by molar-refractivity contribution is -0.137. The van der Waals surface area contributed by atoms with Gasteiger partial charge in [0.15, 0.2) is 0 Å². The molecule has 0 aliphatic heterocycles. The SMILES string of the molecule is CCc1ccc(Nc2ncc(C(F)(F)F)c(Nc3cccc(Cl)c3)n2)cc1. The first kappa shape index (κ1) is 19.0. The normalized spacial score (nSPS) is 11.3. The van der Waals surface area contributed by atoms with Gasteiger partial charge in [-0.1, -0.05) is 36.7 Å². The van der Waals surface area contributed by atoms with Gasteiger partial charge in [-0.05, 0) is 42.3 Å². The first-order chi connectivity index (χ1) is 12.8. The highest BCUT2D eigenvalue weighted by atomic mass is 35.5. The van der Waals surface area contributed by atoms with E-state index < -0.39 is 11.7 Å². The molecule has 0 saturated heterocycles. The number of anilines is 4. The van der Waals surface area contributed by atoms with E-state index in [0.29, 0.717) is 16.4 Å². The predicted molar refractivity (Wildman–Crippen MR) is 101 cm³/mol. The zero-order valence-corrected chi connectivity index (χ0v) is 15.1. The Kier molecular flexibility index (Phi) is 5.51. The lowest BCUT2D eigenvalue weighted by Gasteiger charge is -2.15. The number of alkyl halides is 3. The predicted octanol–water partition coefficient (Wildman–Crippen LogP) is 6.20. The van der Waals surface area contributed by atoms with Gasteiger partial charge >= 0.3 is 6.18 Å². The first-order valence-electron chi connectivity index (χ1n) is 8.18. The summed E-state index contributed by atoms with van der Waals surface area (Å²) in [5, 5.41) is 5.98. The molecule has 3 aromatic rings. The molecule has 0 radical (unpaired) electrons. The number of rotatable bonds is 5. The van der Waals surface area contributed by atoms with Crippen molar-refractivity contribution in [2.75, 3.05) is 10.6 Å². The van der Waals surface area contributed by atoms with Crippen LogP contribution >= 0.6 is 11.6 Å². The van der Waals surface area contributed by atoms with Crippen molar-refractivity contribution in [3.8, 4) is 0 Å². The van der Waals surface area contributed by atoms with Gasteiger partial charge in [0.05, 0.1) is 0 Å². The van der Waals surface area contributed by atoms with Crippen molar-refractivity contribution < 1.29 is 13.2 Å². The number of aromatic nitrogens is 2. The van der Waals surface area contributed by atoms with Crippen LogP contribution in [0.5, 0.6) is 0 Å². The monoisotopic (exact) mass is 392 g/mol. The summed E-state index contributed by atoms with van der Waals surface area (Å²) in [6.07, 6.45) is -2.95. The van der Waals surface area contributed by atoms with Gasteiger partial charge in [0.25, 0.3) is 0 Å². The van der Waals surface area contributed by atoms with Gasteiger partial charge in [-0.15, -0.1) is 0 Å². The molecule has 0 aliphatic carbocycles. The molecule has 0 saturated carbocycles. The summed E-state index contributed by atoms with van der Waals surface area (Å²) in [5.74, 6) is -0.302. The van der Waals surface area contributed by atoms with E-state index in [1.165, 1.54) is 6.07 Å². The smallest absolute Gasteiger partial charge is 0.340 e. The van der Waals surface area contributed by atoms with Crippen LogP contribution in [-0.4, -0.2) is 9.97 Å². The minimum absolute atomic E-state index is 0.0526. The lowest BCUT2D eigenvalue weighted by atomic mass is 10.1. The summed E-state index contributed by atoms with van der Waals surface area (Å²) in [6.45, 7) is 2.04. The molecule has 0 unspecified atom stereocenters. The van der Waals surface area contributed by atoms with Gasteiger partial charge in [0.1, 0.15) is 11.4 Å². The van der Waals surface area contributed by atoms with E-state index in [1.807, 2.05) is 31.2 Å². The van der Waals surface area contributed by atoms with Crippen LogP contribution in [0.3, 0.4) is 0 Å². The second kappa shape index (κ2) is 7.84. The molecule has 2 N–H and O–H groups in total. The Morgan fingerprint density at radius 1 is 1.00 bits per heavy atom. The summed E-state index contributed by atoms with van der Waals surface area (Å²) >= 11 is 5.90. The van der Waals surface area contributed by atoms with E-state index in [0.717, 1.165) is 18.2 Å². The lowest BCUT2D eigenvalue weighted by Crippen LogP contribution is -2.12. The second-order valence-electron chi connectivity index (χ2n) is 5.76. The van der Waals surface area contributed by atoms with Crippen LogP contribution in [-0.2, 0) is 12.6 Å². The van der Waals surface area contributed by atoms with Crippen LogP contribution in [0.15, 0.2) is 54.7 Å². The van der Waals surface area contributed by atoms with E-state index in [-0.39, 0.29) is 11.8 Å². The third-order valence-corrected chi connectivity index (χ3v) is 4.03. The van der Waals surface area contributed by atoms with Crippen LogP contribution < -0.4 is 10.6 Å². The molecule has 1 aromatic heterocycles. The minimum Gasteiger partial charge on any atom is -0.340 e. The molecule has 0 atom stereocenters. The molecule has 1 heterocycles. The average Bonchev–Trinajstić information content (AvgIpc) is 2.61. The Morgan fingerprint density at radius 2 is 1.74 bits per heavy atom. The van der Waals surface area contributed by atoms with Crippen LogP contribution in [0.1, 0.15) is 18.1 Å². The zero-order chi connectivity index (χ0) is 19.4. The fourth-order valence-electron chi connectivity index (χ4n) is 2.40. The summed E-state index contributed by atoms with van der Waals surface area (Å²) in [4.78, 5) is 7.80. The van der Waals surface area contributed by atoms with Gasteiger partial charge in [-0.3, -0.25) is 0 Å². The summed E-state index contributed by atoms with van der Waals surface area (Å²) in [5.41, 5.74) is 1.26. The maximum absolute atomic E-state index is 13.3. The Labute approximate surface area is 159 Å². The molecule has 0 amide bonds. The van der Waals surface area contributed by atoms with Gasteiger partial charge in [0.2, 0.25) is 5.95 Å². The van der Waals surface area contributed by atoms with Gasteiger partial charge < -0.3 is 10.6 Å². The van der Waals surface area contributed by atoms with Crippen LogP contribution in [0.2, 0.25) is 5.02 Å². The third kappa shape index (κ3) is 4.89. The number of halogens is 4. The van der Waals surface area contributed by atoms with Gasteiger partial charge in [0, 0.05) is 22.6 Å². The summed E-state index contributed by atoms with van der Waals surface area (Å²) in [6, 6.07) is 13.9. The number of nitrogens with zero attached hydrogens (tertiary/aromatic N) is 2. The molecular formula is C19H16ClF3N4. The van der Waals surface area contributed by atoms with Crippen molar-refractivity contribution >= 4 is 34.7 Å². The molecule has 4 nitrogen and oxygen atoms in total. The number of aryl methyl sites for hydroxylation is 1. The average molecular weight is 393 g/mol. The van der Waals surface area contributed by atoms with Crippen LogP contribution in [0.4, 0.5) is 36.3 Å². The molecule has 27 heavy (non-hydrogen) atoms. The number of hydrogen-bond acceptors (Lipinski definition) is 4. The Morgan fingerprint density at radius 3 is 2.37 bits per heavy atom. The maximum Gasteiger partial charge on any atom is 0.421 e. The molecule has 0 aliphatic rings. The maximum atomic E-state index is 13.3. The van der Waals surface area contributed by atoms with Crippen molar-refractivity contribution in [3.63, 3.8) is 0 Å². The van der Waals surface area contributed by atoms with E-state index in [4.69, 9.17) is 11.6 Å². The third-order valence-electron chi connectivity index (χ3n) is 3.80. The fraction of sp³-hybridized carbons (Fsp3) is 0.158. The van der Waals surface area contributed by atoms with Crippen molar-refractivity contribution in [2.24, 2.45) is 0 Å².